The number of benzene rings is 1. The van der Waals surface area contributed by atoms with Gasteiger partial charge in [-0.05, 0) is 18.2 Å². The first-order chi connectivity index (χ1) is 9.36. The van der Waals surface area contributed by atoms with E-state index in [0.717, 1.165) is 17.9 Å². The number of thioether (sulfide) groups is 1. The minimum absolute atomic E-state index is 0.185. The molecule has 0 saturated heterocycles. The van der Waals surface area contributed by atoms with Gasteiger partial charge in [0.2, 0.25) is 0 Å². The standard InChI is InChI=1S/C13H14F3NO2S/c1-2-6-20-7-5-17-11-4-3-9(13(14,15)16)8-10(11)12(18)19/h2-4,8,17H,1,5-7H2,(H,18,19). The first-order valence-electron chi connectivity index (χ1n) is 5.73. The predicted octanol–water partition coefficient (Wildman–Crippen LogP) is 3.73. The third-order valence-corrected chi connectivity index (χ3v) is 3.34. The first kappa shape index (κ1) is 16.4. The van der Waals surface area contributed by atoms with E-state index in [9.17, 15) is 18.0 Å². The molecule has 0 spiro atoms. The van der Waals surface area contributed by atoms with Gasteiger partial charge in [0.1, 0.15) is 0 Å². The van der Waals surface area contributed by atoms with E-state index in [0.29, 0.717) is 18.4 Å². The van der Waals surface area contributed by atoms with Crippen LogP contribution in [0.3, 0.4) is 0 Å². The molecule has 1 rings (SSSR count). The molecule has 0 bridgehead atoms. The van der Waals surface area contributed by atoms with Crippen LogP contribution in [0.15, 0.2) is 30.9 Å². The zero-order valence-corrected chi connectivity index (χ0v) is 11.4. The van der Waals surface area contributed by atoms with Crippen molar-refractivity contribution in [2.45, 2.75) is 6.18 Å². The molecule has 110 valence electrons. The normalized spacial score (nSPS) is 11.2. The maximum absolute atomic E-state index is 12.5. The van der Waals surface area contributed by atoms with Crippen LogP contribution in [-0.4, -0.2) is 29.1 Å². The van der Waals surface area contributed by atoms with Crippen LogP contribution in [0.2, 0.25) is 0 Å². The van der Waals surface area contributed by atoms with Gasteiger partial charge in [0.15, 0.2) is 0 Å². The predicted molar refractivity (Wildman–Crippen MR) is 74.4 cm³/mol. The van der Waals surface area contributed by atoms with Gasteiger partial charge in [0.05, 0.1) is 11.1 Å². The second kappa shape index (κ2) is 7.23. The van der Waals surface area contributed by atoms with Crippen LogP contribution >= 0.6 is 11.8 Å². The molecule has 0 radical (unpaired) electrons. The summed E-state index contributed by atoms with van der Waals surface area (Å²) < 4.78 is 37.6. The van der Waals surface area contributed by atoms with E-state index in [4.69, 9.17) is 5.11 Å². The van der Waals surface area contributed by atoms with Crippen molar-refractivity contribution in [2.75, 3.05) is 23.4 Å². The van der Waals surface area contributed by atoms with E-state index in [-0.39, 0.29) is 11.3 Å². The molecule has 0 fully saturated rings. The Kier molecular flexibility index (Phi) is 5.94. The highest BCUT2D eigenvalue weighted by molar-refractivity contribution is 7.99. The maximum Gasteiger partial charge on any atom is 0.416 e. The van der Waals surface area contributed by atoms with Crippen molar-refractivity contribution in [3.8, 4) is 0 Å². The van der Waals surface area contributed by atoms with Crippen molar-refractivity contribution in [2.24, 2.45) is 0 Å². The van der Waals surface area contributed by atoms with Gasteiger partial charge in [-0.3, -0.25) is 0 Å². The molecule has 0 amide bonds. The zero-order valence-electron chi connectivity index (χ0n) is 10.5. The fourth-order valence-electron chi connectivity index (χ4n) is 1.48. The number of carbonyl (C=O) groups is 1. The lowest BCUT2D eigenvalue weighted by molar-refractivity contribution is -0.137. The number of carboxylic acids is 1. The second-order valence-corrected chi connectivity index (χ2v) is 5.00. The Morgan fingerprint density at radius 1 is 1.45 bits per heavy atom. The summed E-state index contributed by atoms with van der Waals surface area (Å²) in [6.45, 7) is 4.02. The van der Waals surface area contributed by atoms with Crippen molar-refractivity contribution in [3.63, 3.8) is 0 Å². The Morgan fingerprint density at radius 2 is 2.15 bits per heavy atom. The lowest BCUT2D eigenvalue weighted by atomic mass is 10.1. The van der Waals surface area contributed by atoms with Gasteiger partial charge in [0.25, 0.3) is 0 Å². The van der Waals surface area contributed by atoms with E-state index < -0.39 is 17.7 Å². The summed E-state index contributed by atoms with van der Waals surface area (Å²) in [7, 11) is 0. The van der Waals surface area contributed by atoms with Crippen molar-refractivity contribution >= 4 is 23.4 Å². The van der Waals surface area contributed by atoms with Crippen LogP contribution in [0, 0.1) is 0 Å². The number of anilines is 1. The molecule has 0 heterocycles. The van der Waals surface area contributed by atoms with Crippen LogP contribution < -0.4 is 5.32 Å². The second-order valence-electron chi connectivity index (χ2n) is 3.85. The number of halogens is 3. The fourth-order valence-corrected chi connectivity index (χ4v) is 2.06. The highest BCUT2D eigenvalue weighted by atomic mass is 32.2. The lowest BCUT2D eigenvalue weighted by Gasteiger charge is -2.12. The average molecular weight is 305 g/mol. The number of alkyl halides is 3. The first-order valence-corrected chi connectivity index (χ1v) is 6.88. The van der Waals surface area contributed by atoms with Gasteiger partial charge >= 0.3 is 12.1 Å². The molecule has 1 aromatic rings. The molecule has 0 aliphatic carbocycles. The van der Waals surface area contributed by atoms with Crippen LogP contribution in [0.25, 0.3) is 0 Å². The number of nitrogens with one attached hydrogen (secondary N) is 1. The van der Waals surface area contributed by atoms with Gasteiger partial charge in [-0.2, -0.15) is 24.9 Å². The Labute approximate surface area is 118 Å². The quantitative estimate of drug-likeness (QED) is 0.595. The summed E-state index contributed by atoms with van der Waals surface area (Å²) in [6, 6.07) is 2.65. The van der Waals surface area contributed by atoms with E-state index in [2.05, 4.69) is 11.9 Å². The van der Waals surface area contributed by atoms with Gasteiger partial charge in [-0.25, -0.2) is 4.79 Å². The van der Waals surface area contributed by atoms with E-state index in [1.54, 1.807) is 17.8 Å². The van der Waals surface area contributed by atoms with Gasteiger partial charge in [0, 0.05) is 23.7 Å². The van der Waals surface area contributed by atoms with E-state index in [1.807, 2.05) is 0 Å². The number of hydrogen-bond acceptors (Lipinski definition) is 3. The van der Waals surface area contributed by atoms with Crippen LogP contribution in [0.5, 0.6) is 0 Å². The van der Waals surface area contributed by atoms with Crippen LogP contribution in [0.1, 0.15) is 15.9 Å². The maximum atomic E-state index is 12.5. The summed E-state index contributed by atoms with van der Waals surface area (Å²) in [5.41, 5.74) is -1.17. The number of carboxylic acid groups (broad SMARTS) is 1. The molecule has 2 N–H and O–H groups in total. The molecule has 20 heavy (non-hydrogen) atoms. The topological polar surface area (TPSA) is 49.3 Å². The molecule has 0 unspecified atom stereocenters. The average Bonchev–Trinajstić information content (AvgIpc) is 2.37. The van der Waals surface area contributed by atoms with E-state index >= 15 is 0 Å². The smallest absolute Gasteiger partial charge is 0.416 e. The lowest BCUT2D eigenvalue weighted by Crippen LogP contribution is -2.12. The summed E-state index contributed by atoms with van der Waals surface area (Å²) in [6.07, 6.45) is -2.81. The van der Waals surface area contributed by atoms with Crippen molar-refractivity contribution in [3.05, 3.63) is 42.0 Å². The third kappa shape index (κ3) is 4.80. The summed E-state index contributed by atoms with van der Waals surface area (Å²) in [4.78, 5) is 11.0. The van der Waals surface area contributed by atoms with Crippen LogP contribution in [0.4, 0.5) is 18.9 Å². The highest BCUT2D eigenvalue weighted by Gasteiger charge is 2.31. The molecule has 7 heteroatoms. The molecule has 1 aromatic carbocycles. The minimum Gasteiger partial charge on any atom is -0.478 e. The molecule has 0 aromatic heterocycles. The van der Waals surface area contributed by atoms with Gasteiger partial charge < -0.3 is 10.4 Å². The molecular weight excluding hydrogens is 291 g/mol. The molecular formula is C13H14F3NO2S. The zero-order chi connectivity index (χ0) is 15.2. The largest absolute Gasteiger partial charge is 0.478 e. The third-order valence-electron chi connectivity index (χ3n) is 2.37. The number of rotatable bonds is 7. The summed E-state index contributed by atoms with van der Waals surface area (Å²) in [5.74, 6) is 0.0735. The molecule has 0 aliphatic heterocycles. The highest BCUT2D eigenvalue weighted by Crippen LogP contribution is 2.31. The SMILES string of the molecule is C=CCSCCNc1ccc(C(F)(F)F)cc1C(=O)O. The van der Waals surface area contributed by atoms with E-state index in [1.165, 1.54) is 0 Å². The minimum atomic E-state index is -4.55. The molecule has 3 nitrogen and oxygen atoms in total. The molecule has 0 saturated carbocycles. The number of aromatic carboxylic acids is 1. The van der Waals surface area contributed by atoms with Crippen LogP contribution in [-0.2, 0) is 6.18 Å². The van der Waals surface area contributed by atoms with Crippen molar-refractivity contribution < 1.29 is 23.1 Å². The molecule has 0 atom stereocenters. The fraction of sp³-hybridized carbons (Fsp3) is 0.308. The van der Waals surface area contributed by atoms with Crippen molar-refractivity contribution in [1.82, 2.24) is 0 Å². The Balaban J connectivity index is 2.80. The Morgan fingerprint density at radius 3 is 2.70 bits per heavy atom. The Bertz CT molecular complexity index is 489. The van der Waals surface area contributed by atoms with Gasteiger partial charge in [-0.1, -0.05) is 6.08 Å². The molecule has 0 aliphatic rings. The summed E-state index contributed by atoms with van der Waals surface area (Å²) in [5, 5.41) is 11.8. The summed E-state index contributed by atoms with van der Waals surface area (Å²) >= 11 is 1.59. The van der Waals surface area contributed by atoms with Crippen molar-refractivity contribution in [1.29, 1.82) is 0 Å². The van der Waals surface area contributed by atoms with Gasteiger partial charge in [-0.15, -0.1) is 6.58 Å². The number of hydrogen-bond donors (Lipinski definition) is 2. The Hall–Kier alpha value is -1.63. The monoisotopic (exact) mass is 305 g/mol.